The molecule has 1 aromatic heterocycles. The third-order valence-corrected chi connectivity index (χ3v) is 3.01. The van der Waals surface area contributed by atoms with Gasteiger partial charge in [0.1, 0.15) is 0 Å². The quantitative estimate of drug-likeness (QED) is 0.588. The normalized spacial score (nSPS) is 11.8. The van der Waals surface area contributed by atoms with E-state index in [4.69, 9.17) is 5.11 Å². The molecular formula is C10H15N3O3S. The van der Waals surface area contributed by atoms with Crippen molar-refractivity contribution in [3.8, 4) is 0 Å². The third-order valence-electron chi connectivity index (χ3n) is 2.11. The summed E-state index contributed by atoms with van der Waals surface area (Å²) >= 11 is 1.33. The summed E-state index contributed by atoms with van der Waals surface area (Å²) in [6, 6.07) is 0. The van der Waals surface area contributed by atoms with Crippen LogP contribution < -0.4 is 5.69 Å². The minimum absolute atomic E-state index is 0.228. The summed E-state index contributed by atoms with van der Waals surface area (Å²) in [4.78, 5) is 21.9. The summed E-state index contributed by atoms with van der Waals surface area (Å²) in [5, 5.41) is 15.5. The Morgan fingerprint density at radius 2 is 2.35 bits per heavy atom. The molecule has 2 N–H and O–H groups in total. The zero-order valence-electron chi connectivity index (χ0n) is 9.77. The van der Waals surface area contributed by atoms with E-state index in [1.54, 1.807) is 10.6 Å². The molecule has 0 fully saturated rings. The van der Waals surface area contributed by atoms with Gasteiger partial charge in [0.15, 0.2) is 5.16 Å². The SMILES string of the molecule is CCCn1c(SCC=C(C)C(=O)O)n[nH]c1=O. The average molecular weight is 257 g/mol. The summed E-state index contributed by atoms with van der Waals surface area (Å²) < 4.78 is 1.55. The van der Waals surface area contributed by atoms with Crippen LogP contribution in [0.3, 0.4) is 0 Å². The number of rotatable bonds is 6. The molecule has 0 aromatic carbocycles. The number of carboxylic acids is 1. The predicted octanol–water partition coefficient (Wildman–Crippen LogP) is 1.10. The van der Waals surface area contributed by atoms with Crippen LogP contribution in [0.25, 0.3) is 0 Å². The number of aliphatic carboxylic acids is 1. The molecule has 0 saturated heterocycles. The molecule has 1 rings (SSSR count). The predicted molar refractivity (Wildman–Crippen MR) is 65.3 cm³/mol. The van der Waals surface area contributed by atoms with Crippen LogP contribution in [0, 0.1) is 0 Å². The fraction of sp³-hybridized carbons (Fsp3) is 0.500. The van der Waals surface area contributed by atoms with Crippen LogP contribution in [-0.4, -0.2) is 31.6 Å². The number of hydrogen-bond acceptors (Lipinski definition) is 4. The number of H-pyrrole nitrogens is 1. The lowest BCUT2D eigenvalue weighted by Crippen LogP contribution is -2.17. The molecule has 94 valence electrons. The molecule has 0 unspecified atom stereocenters. The minimum Gasteiger partial charge on any atom is -0.478 e. The zero-order chi connectivity index (χ0) is 12.8. The maximum Gasteiger partial charge on any atom is 0.343 e. The Bertz CT molecular complexity index is 475. The van der Waals surface area contributed by atoms with Crippen molar-refractivity contribution in [3.63, 3.8) is 0 Å². The van der Waals surface area contributed by atoms with Crippen LogP contribution >= 0.6 is 11.8 Å². The van der Waals surface area contributed by atoms with Gasteiger partial charge in [-0.15, -0.1) is 5.10 Å². The van der Waals surface area contributed by atoms with Gasteiger partial charge >= 0.3 is 11.7 Å². The molecule has 0 amide bonds. The van der Waals surface area contributed by atoms with E-state index in [0.29, 0.717) is 17.5 Å². The van der Waals surface area contributed by atoms with Gasteiger partial charge < -0.3 is 5.11 Å². The van der Waals surface area contributed by atoms with Gasteiger partial charge in [0, 0.05) is 17.9 Å². The van der Waals surface area contributed by atoms with Gasteiger partial charge in [-0.25, -0.2) is 14.7 Å². The second-order valence-corrected chi connectivity index (χ2v) is 4.45. The van der Waals surface area contributed by atoms with Gasteiger partial charge in [-0.3, -0.25) is 4.57 Å². The van der Waals surface area contributed by atoms with Crippen molar-refractivity contribution in [3.05, 3.63) is 22.1 Å². The van der Waals surface area contributed by atoms with Gasteiger partial charge in [0.25, 0.3) is 0 Å². The number of thioether (sulfide) groups is 1. The topological polar surface area (TPSA) is 88.0 Å². The lowest BCUT2D eigenvalue weighted by atomic mass is 10.3. The molecule has 0 bridgehead atoms. The maximum absolute atomic E-state index is 11.4. The van der Waals surface area contributed by atoms with Gasteiger partial charge in [0.05, 0.1) is 0 Å². The fourth-order valence-electron chi connectivity index (χ4n) is 1.16. The number of aromatic amines is 1. The number of nitrogens with one attached hydrogen (secondary N) is 1. The van der Waals surface area contributed by atoms with E-state index in [1.165, 1.54) is 18.7 Å². The maximum atomic E-state index is 11.4. The standard InChI is InChI=1S/C10H15N3O3S/c1-3-5-13-9(16)11-12-10(13)17-6-4-7(2)8(14)15/h4H,3,5-6H2,1-2H3,(H,11,16)(H,14,15). The number of hydrogen-bond donors (Lipinski definition) is 2. The van der Waals surface area contributed by atoms with Crippen molar-refractivity contribution in [1.29, 1.82) is 0 Å². The highest BCUT2D eigenvalue weighted by Crippen LogP contribution is 2.14. The first-order chi connectivity index (χ1) is 8.06. The number of carbonyl (C=O) groups is 1. The van der Waals surface area contributed by atoms with Crippen LogP contribution in [0.5, 0.6) is 0 Å². The van der Waals surface area contributed by atoms with Gasteiger partial charge in [-0.05, 0) is 13.3 Å². The van der Waals surface area contributed by atoms with Crippen LogP contribution in [0.15, 0.2) is 21.6 Å². The summed E-state index contributed by atoms with van der Waals surface area (Å²) in [5.41, 5.74) is 0.0608. The minimum atomic E-state index is -0.932. The highest BCUT2D eigenvalue weighted by molar-refractivity contribution is 7.99. The Balaban J connectivity index is 2.67. The first-order valence-corrected chi connectivity index (χ1v) is 6.22. The first-order valence-electron chi connectivity index (χ1n) is 5.24. The van der Waals surface area contributed by atoms with Crippen molar-refractivity contribution < 1.29 is 9.90 Å². The molecule has 0 aliphatic heterocycles. The van der Waals surface area contributed by atoms with E-state index in [2.05, 4.69) is 10.2 Å². The Labute approximate surface area is 103 Å². The smallest absolute Gasteiger partial charge is 0.343 e. The van der Waals surface area contributed by atoms with Crippen molar-refractivity contribution >= 4 is 17.7 Å². The molecule has 0 aliphatic rings. The van der Waals surface area contributed by atoms with Crippen LogP contribution in [0.4, 0.5) is 0 Å². The van der Waals surface area contributed by atoms with Crippen molar-refractivity contribution in [2.75, 3.05) is 5.75 Å². The molecule has 0 radical (unpaired) electrons. The highest BCUT2D eigenvalue weighted by Gasteiger charge is 2.07. The average Bonchev–Trinajstić information content (AvgIpc) is 2.61. The van der Waals surface area contributed by atoms with Gasteiger partial charge in [-0.2, -0.15) is 0 Å². The Kier molecular flexibility index (Phi) is 5.02. The summed E-state index contributed by atoms with van der Waals surface area (Å²) in [6.07, 6.45) is 2.44. The fourth-order valence-corrected chi connectivity index (χ4v) is 2.09. The Morgan fingerprint density at radius 3 is 2.94 bits per heavy atom. The molecule has 7 heteroatoms. The largest absolute Gasteiger partial charge is 0.478 e. The molecule has 1 heterocycles. The van der Waals surface area contributed by atoms with Crippen LogP contribution in [0.1, 0.15) is 20.3 Å². The molecule has 0 aliphatic carbocycles. The zero-order valence-corrected chi connectivity index (χ0v) is 10.6. The van der Waals surface area contributed by atoms with Gasteiger partial charge in [0.2, 0.25) is 0 Å². The van der Waals surface area contributed by atoms with Crippen molar-refractivity contribution in [1.82, 2.24) is 14.8 Å². The second-order valence-electron chi connectivity index (χ2n) is 3.47. The molecular weight excluding hydrogens is 242 g/mol. The Morgan fingerprint density at radius 1 is 1.65 bits per heavy atom. The highest BCUT2D eigenvalue weighted by atomic mass is 32.2. The monoisotopic (exact) mass is 257 g/mol. The molecule has 1 aromatic rings. The summed E-state index contributed by atoms with van der Waals surface area (Å²) in [6.45, 7) is 4.12. The number of aromatic nitrogens is 3. The van der Waals surface area contributed by atoms with Crippen LogP contribution in [0.2, 0.25) is 0 Å². The second kappa shape index (κ2) is 6.29. The van der Waals surface area contributed by atoms with E-state index in [9.17, 15) is 9.59 Å². The molecule has 0 atom stereocenters. The summed E-state index contributed by atoms with van der Waals surface area (Å²) in [5.74, 6) is -0.454. The lowest BCUT2D eigenvalue weighted by Gasteiger charge is -2.01. The number of carboxylic acid groups (broad SMARTS) is 1. The first kappa shape index (κ1) is 13.6. The van der Waals surface area contributed by atoms with E-state index in [0.717, 1.165) is 6.42 Å². The third kappa shape index (κ3) is 3.77. The van der Waals surface area contributed by atoms with Crippen molar-refractivity contribution in [2.24, 2.45) is 0 Å². The van der Waals surface area contributed by atoms with Crippen molar-refractivity contribution in [2.45, 2.75) is 32.0 Å². The molecule has 6 nitrogen and oxygen atoms in total. The lowest BCUT2D eigenvalue weighted by molar-refractivity contribution is -0.132. The van der Waals surface area contributed by atoms with E-state index in [1.807, 2.05) is 6.92 Å². The molecule has 0 saturated carbocycles. The van der Waals surface area contributed by atoms with Crippen LogP contribution in [-0.2, 0) is 11.3 Å². The summed E-state index contributed by atoms with van der Waals surface area (Å²) in [7, 11) is 0. The van der Waals surface area contributed by atoms with E-state index < -0.39 is 5.97 Å². The van der Waals surface area contributed by atoms with E-state index in [-0.39, 0.29) is 11.3 Å². The molecule has 17 heavy (non-hydrogen) atoms. The molecule has 0 spiro atoms. The Hall–Kier alpha value is -1.50. The van der Waals surface area contributed by atoms with Gasteiger partial charge in [-0.1, -0.05) is 24.8 Å². The number of nitrogens with zero attached hydrogens (tertiary/aromatic N) is 2. The van der Waals surface area contributed by atoms with E-state index >= 15 is 0 Å².